The number of hydrogen-bond acceptors (Lipinski definition) is 9. The maximum absolute atomic E-state index is 13.0. The zero-order valence-electron chi connectivity index (χ0n) is 28.3. The normalized spacial score (nSPS) is 16.2. The molecule has 4 heterocycles. The van der Waals surface area contributed by atoms with Crippen molar-refractivity contribution in [1.29, 1.82) is 0 Å². The lowest BCUT2D eigenvalue weighted by Gasteiger charge is -2.35. The highest BCUT2D eigenvalue weighted by atomic mass is 16.6. The van der Waals surface area contributed by atoms with Gasteiger partial charge in [-0.25, -0.2) is 14.8 Å². The minimum Gasteiger partial charge on any atom is -0.445 e. The lowest BCUT2D eigenvalue weighted by molar-refractivity contribution is 0.0891. The van der Waals surface area contributed by atoms with E-state index in [0.717, 1.165) is 62.8 Å². The summed E-state index contributed by atoms with van der Waals surface area (Å²) < 4.78 is 10.8. The average molecular weight is 671 g/mol. The molecule has 0 spiro atoms. The number of hydrogen-bond donors (Lipinski definition) is 2. The van der Waals surface area contributed by atoms with Gasteiger partial charge in [0.25, 0.3) is 0 Å². The van der Waals surface area contributed by atoms with Crippen LogP contribution in [0.3, 0.4) is 0 Å². The van der Waals surface area contributed by atoms with Crippen molar-refractivity contribution in [3.05, 3.63) is 101 Å². The van der Waals surface area contributed by atoms with E-state index in [-0.39, 0.29) is 36.0 Å². The van der Waals surface area contributed by atoms with Crippen LogP contribution in [0.2, 0.25) is 0 Å². The van der Waals surface area contributed by atoms with Gasteiger partial charge in [-0.15, -0.1) is 0 Å². The molecule has 3 aromatic carbocycles. The van der Waals surface area contributed by atoms with Crippen molar-refractivity contribution in [1.82, 2.24) is 35.3 Å². The summed E-state index contributed by atoms with van der Waals surface area (Å²) in [6.45, 7) is 8.79. The van der Waals surface area contributed by atoms with E-state index in [4.69, 9.17) is 14.2 Å². The van der Waals surface area contributed by atoms with Crippen molar-refractivity contribution in [2.45, 2.75) is 51.7 Å². The van der Waals surface area contributed by atoms with Crippen LogP contribution in [-0.4, -0.2) is 68.2 Å². The number of carbonyl (C=O) groups excluding carboxylic acids is 2. The highest BCUT2D eigenvalue weighted by Crippen LogP contribution is 2.38. The number of rotatable bonds is 6. The number of nitrogens with one attached hydrogen (secondary N) is 2. The van der Waals surface area contributed by atoms with Crippen LogP contribution in [0.25, 0.3) is 33.2 Å². The second-order valence-corrected chi connectivity index (χ2v) is 14.0. The molecule has 0 saturated carbocycles. The lowest BCUT2D eigenvalue weighted by Crippen LogP contribution is -2.48. The summed E-state index contributed by atoms with van der Waals surface area (Å²) in [7, 11) is 0. The number of ether oxygens (including phenoxy) is 1. The quantitative estimate of drug-likeness (QED) is 0.208. The maximum atomic E-state index is 13.0. The number of aromatic amines is 1. The molecule has 1 saturated heterocycles. The fourth-order valence-electron chi connectivity index (χ4n) is 6.85. The number of amides is 2. The van der Waals surface area contributed by atoms with Crippen LogP contribution in [0, 0.1) is 0 Å². The van der Waals surface area contributed by atoms with Gasteiger partial charge in [0, 0.05) is 53.7 Å². The number of H-pyrrole nitrogens is 1. The standard InChI is InChI=1S/C38H38N8O4/c1-38(2,3)36-43-35(50-44-36)34(47)42-29-14-10-24-19-25(9-12-27(24)29)32-31-28-13-11-26(20-30(28)41-33(31)40-22-39-32)45-15-17-46(18-16-45)37(48)49-21-23-7-5-4-6-8-23/h4-9,11-13,19-20,22,29H,10,14-18,21H2,1-3H3,(H,42,47)(H,39,40,41)/t29-/m1/s1. The van der Waals surface area contributed by atoms with Gasteiger partial charge in [-0.05, 0) is 47.7 Å². The third-order valence-electron chi connectivity index (χ3n) is 9.57. The van der Waals surface area contributed by atoms with Crippen molar-refractivity contribution in [2.24, 2.45) is 0 Å². The zero-order valence-corrected chi connectivity index (χ0v) is 28.3. The summed E-state index contributed by atoms with van der Waals surface area (Å²) >= 11 is 0. The summed E-state index contributed by atoms with van der Waals surface area (Å²) in [4.78, 5) is 46.8. The van der Waals surface area contributed by atoms with E-state index in [2.05, 4.69) is 66.7 Å². The molecular weight excluding hydrogens is 632 g/mol. The molecule has 8 rings (SSSR count). The number of fused-ring (bicyclic) bond motifs is 4. The van der Waals surface area contributed by atoms with Crippen molar-refractivity contribution in [3.63, 3.8) is 0 Å². The summed E-state index contributed by atoms with van der Waals surface area (Å²) in [5, 5.41) is 9.08. The number of carbonyl (C=O) groups is 2. The fraction of sp³-hybridized carbons (Fsp3) is 0.316. The number of anilines is 1. The van der Waals surface area contributed by atoms with E-state index in [1.807, 2.05) is 51.1 Å². The molecule has 12 nitrogen and oxygen atoms in total. The predicted octanol–water partition coefficient (Wildman–Crippen LogP) is 6.33. The average Bonchev–Trinajstić information content (AvgIpc) is 3.88. The van der Waals surface area contributed by atoms with Gasteiger partial charge in [-0.1, -0.05) is 74.5 Å². The molecule has 1 aliphatic heterocycles. The summed E-state index contributed by atoms with van der Waals surface area (Å²) in [6, 6.07) is 22.3. The van der Waals surface area contributed by atoms with E-state index < -0.39 is 0 Å². The van der Waals surface area contributed by atoms with Gasteiger partial charge in [0.15, 0.2) is 5.82 Å². The molecule has 1 atom stereocenters. The van der Waals surface area contributed by atoms with E-state index in [1.54, 1.807) is 11.2 Å². The summed E-state index contributed by atoms with van der Waals surface area (Å²) in [6.07, 6.45) is 2.92. The maximum Gasteiger partial charge on any atom is 0.410 e. The second kappa shape index (κ2) is 12.6. The van der Waals surface area contributed by atoms with E-state index in [0.29, 0.717) is 32.0 Å². The number of piperazine rings is 1. The SMILES string of the molecule is CC(C)(C)c1noc(C(=O)N[C@@H]2CCc3cc(-c4ncnc5[nH]c6cc(N7CCN(C(=O)OCc8ccccc8)CC7)ccc6c45)ccc32)n1. The van der Waals surface area contributed by atoms with Gasteiger partial charge in [-0.2, -0.15) is 4.98 Å². The first-order valence-electron chi connectivity index (χ1n) is 17.0. The van der Waals surface area contributed by atoms with Gasteiger partial charge in [0.05, 0.1) is 17.1 Å². The zero-order chi connectivity index (χ0) is 34.4. The van der Waals surface area contributed by atoms with E-state index in [9.17, 15) is 9.59 Å². The number of nitrogens with zero attached hydrogens (tertiary/aromatic N) is 6. The van der Waals surface area contributed by atoms with Crippen LogP contribution in [0.4, 0.5) is 10.5 Å². The third kappa shape index (κ3) is 6.01. The van der Waals surface area contributed by atoms with Crippen molar-refractivity contribution in [2.75, 3.05) is 31.1 Å². The highest BCUT2D eigenvalue weighted by Gasteiger charge is 2.29. The van der Waals surface area contributed by atoms with E-state index >= 15 is 0 Å². The van der Waals surface area contributed by atoms with Crippen LogP contribution in [0.15, 0.2) is 77.6 Å². The minimum absolute atomic E-state index is 0.0210. The summed E-state index contributed by atoms with van der Waals surface area (Å²) in [5.74, 6) is 0.113. The van der Waals surface area contributed by atoms with Crippen LogP contribution in [0.5, 0.6) is 0 Å². The Kier molecular flexibility index (Phi) is 7.93. The topological polar surface area (TPSA) is 142 Å². The minimum atomic E-state index is -0.367. The molecular formula is C38H38N8O4. The Morgan fingerprint density at radius 2 is 1.82 bits per heavy atom. The van der Waals surface area contributed by atoms with Crippen LogP contribution in [-0.2, 0) is 23.2 Å². The number of aryl methyl sites for hydroxylation is 1. The van der Waals surface area contributed by atoms with Gasteiger partial charge < -0.3 is 29.4 Å². The Morgan fingerprint density at radius 1 is 1.00 bits per heavy atom. The Labute approximate surface area is 288 Å². The first-order chi connectivity index (χ1) is 24.2. The molecule has 1 aliphatic carbocycles. The van der Waals surface area contributed by atoms with Crippen LogP contribution < -0.4 is 10.2 Å². The fourth-order valence-corrected chi connectivity index (χ4v) is 6.85. The highest BCUT2D eigenvalue weighted by molar-refractivity contribution is 6.12. The van der Waals surface area contributed by atoms with Crippen molar-refractivity contribution < 1.29 is 18.8 Å². The molecule has 6 aromatic rings. The molecule has 3 aromatic heterocycles. The van der Waals surface area contributed by atoms with Gasteiger partial charge in [-0.3, -0.25) is 4.79 Å². The Morgan fingerprint density at radius 3 is 2.60 bits per heavy atom. The molecule has 50 heavy (non-hydrogen) atoms. The Balaban J connectivity index is 0.968. The smallest absolute Gasteiger partial charge is 0.410 e. The third-order valence-corrected chi connectivity index (χ3v) is 9.57. The molecule has 0 bridgehead atoms. The van der Waals surface area contributed by atoms with Gasteiger partial charge >= 0.3 is 17.9 Å². The first kappa shape index (κ1) is 31.5. The number of benzene rings is 3. The molecule has 2 aliphatic rings. The molecule has 0 radical (unpaired) electrons. The predicted molar refractivity (Wildman–Crippen MR) is 189 cm³/mol. The molecule has 2 amide bonds. The Hall–Kier alpha value is -5.78. The van der Waals surface area contributed by atoms with Crippen LogP contribution >= 0.6 is 0 Å². The van der Waals surface area contributed by atoms with Gasteiger partial charge in [0.1, 0.15) is 18.6 Å². The van der Waals surface area contributed by atoms with Crippen molar-refractivity contribution >= 4 is 39.6 Å². The largest absolute Gasteiger partial charge is 0.445 e. The molecule has 254 valence electrons. The monoisotopic (exact) mass is 670 g/mol. The first-order valence-corrected chi connectivity index (χ1v) is 17.0. The van der Waals surface area contributed by atoms with Gasteiger partial charge in [0.2, 0.25) is 0 Å². The molecule has 12 heteroatoms. The van der Waals surface area contributed by atoms with E-state index in [1.165, 1.54) is 5.56 Å². The van der Waals surface area contributed by atoms with Crippen LogP contribution in [0.1, 0.15) is 66.4 Å². The lowest BCUT2D eigenvalue weighted by atomic mass is 9.96. The Bertz CT molecular complexity index is 2210. The molecule has 2 N–H and O–H groups in total. The second-order valence-electron chi connectivity index (χ2n) is 14.0. The van der Waals surface area contributed by atoms with Crippen molar-refractivity contribution in [3.8, 4) is 11.3 Å². The summed E-state index contributed by atoms with van der Waals surface area (Å²) in [5.41, 5.74) is 7.59. The molecule has 0 unspecified atom stereocenters. The molecule has 1 fully saturated rings. The number of aromatic nitrogens is 5.